The van der Waals surface area contributed by atoms with Gasteiger partial charge in [0.05, 0.1) is 11.5 Å². The number of esters is 1. The summed E-state index contributed by atoms with van der Waals surface area (Å²) >= 11 is 1.02. The third-order valence-corrected chi connectivity index (χ3v) is 5.33. The fourth-order valence-corrected chi connectivity index (χ4v) is 3.62. The Morgan fingerprint density at radius 1 is 1.25 bits per heavy atom. The number of hydrogen-bond acceptors (Lipinski definition) is 7. The van der Waals surface area contributed by atoms with Gasteiger partial charge in [-0.1, -0.05) is 17.7 Å². The fraction of sp³-hybridized carbons (Fsp3) is 0.267. The van der Waals surface area contributed by atoms with E-state index < -0.39 is 27.5 Å². The minimum absolute atomic E-state index is 0.0681. The van der Waals surface area contributed by atoms with Crippen LogP contribution in [0.15, 0.2) is 34.5 Å². The van der Waals surface area contributed by atoms with Crippen LogP contribution in [0.3, 0.4) is 0 Å². The van der Waals surface area contributed by atoms with Crippen molar-refractivity contribution in [1.82, 2.24) is 4.98 Å². The number of nitrogens with one attached hydrogen (secondary N) is 1. The molecule has 0 atom stereocenters. The van der Waals surface area contributed by atoms with E-state index >= 15 is 0 Å². The van der Waals surface area contributed by atoms with Gasteiger partial charge in [-0.15, -0.1) is 11.3 Å². The Hall–Kier alpha value is -2.26. The second-order valence-corrected chi connectivity index (χ2v) is 7.73. The van der Waals surface area contributed by atoms with Crippen LogP contribution >= 0.6 is 11.3 Å². The Balaban J connectivity index is 2.02. The first-order valence-electron chi connectivity index (χ1n) is 7.03. The summed E-state index contributed by atoms with van der Waals surface area (Å²) in [5.41, 5.74) is 0.992. The molecule has 0 fully saturated rings. The number of carbonyl (C=O) groups is 2. The molecule has 0 saturated carbocycles. The molecule has 1 aromatic carbocycles. The van der Waals surface area contributed by atoms with Gasteiger partial charge in [-0.2, -0.15) is 0 Å². The minimum Gasteiger partial charge on any atom is -0.461 e. The maximum Gasteiger partial charge on any atom is 0.357 e. The molecule has 0 saturated heterocycles. The van der Waals surface area contributed by atoms with E-state index in [0.29, 0.717) is 0 Å². The number of anilines is 1. The van der Waals surface area contributed by atoms with Crippen LogP contribution < -0.4 is 5.32 Å². The summed E-state index contributed by atoms with van der Waals surface area (Å²) in [6.45, 7) is 3.72. The van der Waals surface area contributed by atoms with Crippen LogP contribution in [0.4, 0.5) is 5.13 Å². The number of aryl methyl sites for hydroxylation is 1. The van der Waals surface area contributed by atoms with E-state index in [-0.39, 0.29) is 22.3 Å². The van der Waals surface area contributed by atoms with Crippen molar-refractivity contribution in [3.63, 3.8) is 0 Å². The van der Waals surface area contributed by atoms with Gasteiger partial charge in [0.25, 0.3) is 0 Å². The number of amides is 1. The number of benzene rings is 1. The third-order valence-electron chi connectivity index (χ3n) is 2.94. The second kappa shape index (κ2) is 7.54. The van der Waals surface area contributed by atoms with Gasteiger partial charge in [-0.25, -0.2) is 18.2 Å². The van der Waals surface area contributed by atoms with Crippen molar-refractivity contribution < 1.29 is 22.7 Å². The lowest BCUT2D eigenvalue weighted by molar-refractivity contribution is -0.113. The lowest BCUT2D eigenvalue weighted by atomic mass is 10.2. The zero-order valence-corrected chi connectivity index (χ0v) is 14.7. The van der Waals surface area contributed by atoms with Gasteiger partial charge in [-0.05, 0) is 26.0 Å². The van der Waals surface area contributed by atoms with E-state index in [1.165, 1.54) is 17.5 Å². The number of nitrogens with zero attached hydrogens (tertiary/aromatic N) is 1. The summed E-state index contributed by atoms with van der Waals surface area (Å²) in [6, 6.07) is 6.24. The lowest BCUT2D eigenvalue weighted by Crippen LogP contribution is -2.23. The summed E-state index contributed by atoms with van der Waals surface area (Å²) < 4.78 is 29.2. The molecule has 0 bridgehead atoms. The fourth-order valence-electron chi connectivity index (χ4n) is 1.79. The molecule has 0 aliphatic rings. The number of rotatable bonds is 6. The van der Waals surface area contributed by atoms with E-state index in [0.717, 1.165) is 16.9 Å². The second-order valence-electron chi connectivity index (χ2n) is 4.88. The van der Waals surface area contributed by atoms with E-state index in [4.69, 9.17) is 4.74 Å². The highest BCUT2D eigenvalue weighted by Gasteiger charge is 2.20. The van der Waals surface area contributed by atoms with Crippen molar-refractivity contribution in [2.45, 2.75) is 18.7 Å². The van der Waals surface area contributed by atoms with Crippen molar-refractivity contribution in [3.05, 3.63) is 40.9 Å². The smallest absolute Gasteiger partial charge is 0.357 e. The zero-order valence-electron chi connectivity index (χ0n) is 13.1. The standard InChI is InChI=1S/C15H16N2O5S2/c1-3-22-14(19)12-8-23-15(16-12)17-13(18)9-24(20,21)11-6-4-10(2)5-7-11/h4-8H,3,9H2,1-2H3,(H,16,17,18). The molecule has 0 spiro atoms. The van der Waals surface area contributed by atoms with Crippen LogP contribution in [0.2, 0.25) is 0 Å². The highest BCUT2D eigenvalue weighted by atomic mass is 32.2. The molecule has 1 amide bonds. The number of thiazole rings is 1. The van der Waals surface area contributed by atoms with E-state index in [1.54, 1.807) is 19.1 Å². The Morgan fingerprint density at radius 3 is 2.54 bits per heavy atom. The minimum atomic E-state index is -3.74. The van der Waals surface area contributed by atoms with Crippen LogP contribution in [0.25, 0.3) is 0 Å². The predicted octanol–water partition coefficient (Wildman–Crippen LogP) is 2.04. The van der Waals surface area contributed by atoms with Gasteiger partial charge in [0.2, 0.25) is 5.91 Å². The molecule has 1 aromatic heterocycles. The molecule has 7 nitrogen and oxygen atoms in total. The molecule has 128 valence electrons. The monoisotopic (exact) mass is 368 g/mol. The van der Waals surface area contributed by atoms with E-state index in [1.807, 2.05) is 6.92 Å². The number of ether oxygens (including phenoxy) is 1. The SMILES string of the molecule is CCOC(=O)c1csc(NC(=O)CS(=O)(=O)c2ccc(C)cc2)n1. The van der Waals surface area contributed by atoms with Crippen LogP contribution in [-0.4, -0.2) is 37.6 Å². The van der Waals surface area contributed by atoms with Gasteiger partial charge in [0.1, 0.15) is 5.75 Å². The van der Waals surface area contributed by atoms with E-state index in [2.05, 4.69) is 10.3 Å². The molecule has 2 aromatic rings. The first-order valence-corrected chi connectivity index (χ1v) is 9.57. The number of aromatic nitrogens is 1. The summed E-state index contributed by atoms with van der Waals surface area (Å²) in [4.78, 5) is 27.4. The maximum atomic E-state index is 12.2. The Kier molecular flexibility index (Phi) is 5.68. The molecule has 9 heteroatoms. The number of carbonyl (C=O) groups excluding carboxylic acids is 2. The Labute approximate surface area is 143 Å². The van der Waals surface area contributed by atoms with Gasteiger partial charge in [0.15, 0.2) is 20.7 Å². The van der Waals surface area contributed by atoms with Crippen LogP contribution in [0.5, 0.6) is 0 Å². The van der Waals surface area contributed by atoms with Crippen molar-refractivity contribution in [2.24, 2.45) is 0 Å². The summed E-state index contributed by atoms with van der Waals surface area (Å²) in [7, 11) is -3.74. The number of sulfone groups is 1. The summed E-state index contributed by atoms with van der Waals surface area (Å²) in [6.07, 6.45) is 0. The molecule has 0 radical (unpaired) electrons. The molecule has 0 aliphatic carbocycles. The first-order chi connectivity index (χ1) is 11.3. The topological polar surface area (TPSA) is 102 Å². The maximum absolute atomic E-state index is 12.2. The Bertz CT molecular complexity index is 841. The Morgan fingerprint density at radius 2 is 1.92 bits per heavy atom. The highest BCUT2D eigenvalue weighted by molar-refractivity contribution is 7.92. The predicted molar refractivity (Wildman–Crippen MR) is 89.9 cm³/mol. The average Bonchev–Trinajstić information content (AvgIpc) is 2.95. The van der Waals surface area contributed by atoms with Gasteiger partial charge >= 0.3 is 5.97 Å². The molecule has 0 aliphatic heterocycles. The molecule has 0 unspecified atom stereocenters. The van der Waals surface area contributed by atoms with Crippen molar-refractivity contribution in [3.8, 4) is 0 Å². The van der Waals surface area contributed by atoms with Gasteiger partial charge < -0.3 is 10.1 Å². The van der Waals surface area contributed by atoms with Crippen LogP contribution in [0.1, 0.15) is 23.0 Å². The molecular weight excluding hydrogens is 352 g/mol. The summed E-state index contributed by atoms with van der Waals surface area (Å²) in [5, 5.41) is 3.95. The average molecular weight is 368 g/mol. The lowest BCUT2D eigenvalue weighted by Gasteiger charge is -2.05. The number of hydrogen-bond donors (Lipinski definition) is 1. The summed E-state index contributed by atoms with van der Waals surface area (Å²) in [5.74, 6) is -2.02. The molecule has 24 heavy (non-hydrogen) atoms. The van der Waals surface area contributed by atoms with E-state index in [9.17, 15) is 18.0 Å². The first kappa shape index (κ1) is 18.1. The zero-order chi connectivity index (χ0) is 17.7. The normalized spacial score (nSPS) is 11.1. The molecular formula is C15H16N2O5S2. The molecule has 1 heterocycles. The molecule has 2 rings (SSSR count). The van der Waals surface area contributed by atoms with Gasteiger partial charge in [-0.3, -0.25) is 4.79 Å². The quantitative estimate of drug-likeness (QED) is 0.783. The van der Waals surface area contributed by atoms with Crippen molar-refractivity contribution in [1.29, 1.82) is 0 Å². The van der Waals surface area contributed by atoms with Crippen molar-refractivity contribution in [2.75, 3.05) is 17.7 Å². The molecule has 1 N–H and O–H groups in total. The largest absolute Gasteiger partial charge is 0.461 e. The van der Waals surface area contributed by atoms with Crippen LogP contribution in [-0.2, 0) is 19.4 Å². The third kappa shape index (κ3) is 4.62. The van der Waals surface area contributed by atoms with Crippen molar-refractivity contribution >= 4 is 38.2 Å². The highest BCUT2D eigenvalue weighted by Crippen LogP contribution is 2.17. The van der Waals surface area contributed by atoms with Gasteiger partial charge in [0, 0.05) is 5.38 Å². The van der Waals surface area contributed by atoms with Crippen LogP contribution in [0, 0.1) is 6.92 Å².